The molecule has 0 unspecified atom stereocenters. The highest BCUT2D eigenvalue weighted by molar-refractivity contribution is 7.09. The maximum atomic E-state index is 5.94. The Kier molecular flexibility index (Phi) is 4.55. The summed E-state index contributed by atoms with van der Waals surface area (Å²) in [5, 5.41) is 2.49. The summed E-state index contributed by atoms with van der Waals surface area (Å²) in [6, 6.07) is 5.79. The molecule has 0 spiro atoms. The number of thiophene rings is 1. The highest BCUT2D eigenvalue weighted by atomic mass is 35.5. The molecule has 18 heavy (non-hydrogen) atoms. The summed E-state index contributed by atoms with van der Waals surface area (Å²) in [4.78, 5) is 9.81. The fourth-order valence-corrected chi connectivity index (χ4v) is 2.33. The normalized spacial score (nSPS) is 10.9. The maximum absolute atomic E-state index is 5.94. The van der Waals surface area contributed by atoms with Crippen LogP contribution in [0.3, 0.4) is 0 Å². The standard InChI is InChI=1S/C13H15ClN2OS/c1-9(2)13-15-11(14)8-12(16-13)17-6-5-10-4-3-7-18-10/h3-4,7-9H,5-6H2,1-2H3. The Morgan fingerprint density at radius 2 is 2.22 bits per heavy atom. The number of aromatic nitrogens is 2. The molecule has 0 radical (unpaired) electrons. The Morgan fingerprint density at radius 3 is 2.89 bits per heavy atom. The number of rotatable bonds is 5. The van der Waals surface area contributed by atoms with Crippen molar-refractivity contribution in [1.29, 1.82) is 0 Å². The van der Waals surface area contributed by atoms with Crippen LogP contribution in [-0.4, -0.2) is 16.6 Å². The molecule has 2 rings (SSSR count). The molecule has 0 fully saturated rings. The lowest BCUT2D eigenvalue weighted by molar-refractivity contribution is 0.308. The van der Waals surface area contributed by atoms with Crippen molar-refractivity contribution in [2.45, 2.75) is 26.2 Å². The van der Waals surface area contributed by atoms with Gasteiger partial charge in [0.2, 0.25) is 5.88 Å². The van der Waals surface area contributed by atoms with Crippen LogP contribution in [0.1, 0.15) is 30.5 Å². The minimum atomic E-state index is 0.239. The van der Waals surface area contributed by atoms with E-state index in [2.05, 4.69) is 21.4 Å². The summed E-state index contributed by atoms with van der Waals surface area (Å²) in [5.41, 5.74) is 0. The SMILES string of the molecule is CC(C)c1nc(Cl)cc(OCCc2cccs2)n1. The zero-order chi connectivity index (χ0) is 13.0. The quantitative estimate of drug-likeness (QED) is 0.779. The van der Waals surface area contributed by atoms with E-state index in [-0.39, 0.29) is 5.92 Å². The van der Waals surface area contributed by atoms with Gasteiger partial charge in [-0.1, -0.05) is 31.5 Å². The Labute approximate surface area is 116 Å². The Morgan fingerprint density at radius 1 is 1.39 bits per heavy atom. The number of nitrogens with zero attached hydrogens (tertiary/aromatic N) is 2. The molecular formula is C13H15ClN2OS. The summed E-state index contributed by atoms with van der Waals surface area (Å²) in [6.07, 6.45) is 0.885. The molecule has 2 aromatic heterocycles. The average Bonchev–Trinajstić information content (AvgIpc) is 2.81. The zero-order valence-corrected chi connectivity index (χ0v) is 12.0. The van der Waals surface area contributed by atoms with Gasteiger partial charge >= 0.3 is 0 Å². The van der Waals surface area contributed by atoms with Gasteiger partial charge in [0.25, 0.3) is 0 Å². The van der Waals surface area contributed by atoms with Crippen LogP contribution in [0.15, 0.2) is 23.6 Å². The van der Waals surface area contributed by atoms with Gasteiger partial charge in [-0.05, 0) is 11.4 Å². The lowest BCUT2D eigenvalue weighted by Gasteiger charge is -2.08. The van der Waals surface area contributed by atoms with E-state index in [1.807, 2.05) is 19.9 Å². The fourth-order valence-electron chi connectivity index (χ4n) is 1.46. The second-order valence-corrected chi connectivity index (χ2v) is 5.64. The van der Waals surface area contributed by atoms with Crippen LogP contribution in [0, 0.1) is 0 Å². The molecular weight excluding hydrogens is 268 g/mol. The van der Waals surface area contributed by atoms with Crippen LogP contribution in [0.25, 0.3) is 0 Å². The molecule has 0 aliphatic rings. The van der Waals surface area contributed by atoms with E-state index < -0.39 is 0 Å². The summed E-state index contributed by atoms with van der Waals surface area (Å²) in [7, 11) is 0. The van der Waals surface area contributed by atoms with Crippen LogP contribution >= 0.6 is 22.9 Å². The third kappa shape index (κ3) is 3.68. The average molecular weight is 283 g/mol. The Bertz CT molecular complexity index is 500. The molecule has 0 aliphatic carbocycles. The molecule has 0 amide bonds. The number of halogens is 1. The van der Waals surface area contributed by atoms with Gasteiger partial charge in [-0.3, -0.25) is 0 Å². The number of ether oxygens (including phenoxy) is 1. The van der Waals surface area contributed by atoms with Crippen molar-refractivity contribution in [3.8, 4) is 5.88 Å². The smallest absolute Gasteiger partial charge is 0.218 e. The second-order valence-electron chi connectivity index (χ2n) is 4.22. The van der Waals surface area contributed by atoms with E-state index in [1.165, 1.54) is 4.88 Å². The predicted molar refractivity (Wildman–Crippen MR) is 74.6 cm³/mol. The molecule has 0 aliphatic heterocycles. The lowest BCUT2D eigenvalue weighted by Crippen LogP contribution is -2.05. The zero-order valence-electron chi connectivity index (χ0n) is 10.4. The summed E-state index contributed by atoms with van der Waals surface area (Å²) >= 11 is 7.67. The highest BCUT2D eigenvalue weighted by Gasteiger charge is 2.07. The molecule has 3 nitrogen and oxygen atoms in total. The van der Waals surface area contributed by atoms with Crippen LogP contribution in [0.2, 0.25) is 5.15 Å². The third-order valence-corrected chi connectivity index (χ3v) is 3.51. The molecule has 2 aromatic rings. The highest BCUT2D eigenvalue weighted by Crippen LogP contribution is 2.19. The van der Waals surface area contributed by atoms with Crippen LogP contribution in [-0.2, 0) is 6.42 Å². The minimum absolute atomic E-state index is 0.239. The number of hydrogen-bond donors (Lipinski definition) is 0. The van der Waals surface area contributed by atoms with Gasteiger partial charge < -0.3 is 4.74 Å². The third-order valence-electron chi connectivity index (χ3n) is 2.38. The van der Waals surface area contributed by atoms with Gasteiger partial charge in [-0.15, -0.1) is 11.3 Å². The van der Waals surface area contributed by atoms with Crippen LogP contribution < -0.4 is 4.74 Å². The van der Waals surface area contributed by atoms with Crippen LogP contribution in [0.4, 0.5) is 0 Å². The van der Waals surface area contributed by atoms with Gasteiger partial charge in [0.05, 0.1) is 6.61 Å². The fraction of sp³-hybridized carbons (Fsp3) is 0.385. The molecule has 5 heteroatoms. The molecule has 96 valence electrons. The van der Waals surface area contributed by atoms with E-state index in [9.17, 15) is 0 Å². The van der Waals surface area contributed by atoms with Gasteiger partial charge in [0, 0.05) is 23.3 Å². The van der Waals surface area contributed by atoms with Crippen molar-refractivity contribution in [2.24, 2.45) is 0 Å². The van der Waals surface area contributed by atoms with E-state index in [0.717, 1.165) is 6.42 Å². The monoisotopic (exact) mass is 282 g/mol. The molecule has 0 saturated carbocycles. The summed E-state index contributed by atoms with van der Waals surface area (Å²) in [6.45, 7) is 4.66. The van der Waals surface area contributed by atoms with Crippen molar-refractivity contribution in [3.63, 3.8) is 0 Å². The van der Waals surface area contributed by atoms with Crippen molar-refractivity contribution >= 4 is 22.9 Å². The first-order chi connectivity index (χ1) is 8.65. The largest absolute Gasteiger partial charge is 0.477 e. The molecule has 0 N–H and O–H groups in total. The van der Waals surface area contributed by atoms with E-state index in [4.69, 9.17) is 16.3 Å². The Hall–Kier alpha value is -1.13. The van der Waals surface area contributed by atoms with Crippen LogP contribution in [0.5, 0.6) is 5.88 Å². The molecule has 0 atom stereocenters. The first-order valence-electron chi connectivity index (χ1n) is 5.85. The van der Waals surface area contributed by atoms with Gasteiger partial charge in [0.15, 0.2) is 0 Å². The van der Waals surface area contributed by atoms with Crippen molar-refractivity contribution < 1.29 is 4.74 Å². The minimum Gasteiger partial charge on any atom is -0.477 e. The topological polar surface area (TPSA) is 35.0 Å². The van der Waals surface area contributed by atoms with Gasteiger partial charge in [-0.2, -0.15) is 4.98 Å². The molecule has 0 bridgehead atoms. The first-order valence-corrected chi connectivity index (χ1v) is 7.10. The number of hydrogen-bond acceptors (Lipinski definition) is 4. The van der Waals surface area contributed by atoms with E-state index >= 15 is 0 Å². The summed E-state index contributed by atoms with van der Waals surface area (Å²) < 4.78 is 5.62. The predicted octanol–water partition coefficient (Wildman–Crippen LogP) is 3.94. The molecule has 0 saturated heterocycles. The van der Waals surface area contributed by atoms with E-state index in [1.54, 1.807) is 17.4 Å². The first kappa shape index (κ1) is 13.3. The second kappa shape index (κ2) is 6.16. The Balaban J connectivity index is 1.96. The van der Waals surface area contributed by atoms with Gasteiger partial charge in [-0.25, -0.2) is 4.98 Å². The summed E-state index contributed by atoms with van der Waals surface area (Å²) in [5.74, 6) is 1.51. The van der Waals surface area contributed by atoms with Gasteiger partial charge in [0.1, 0.15) is 11.0 Å². The van der Waals surface area contributed by atoms with Crippen molar-refractivity contribution in [2.75, 3.05) is 6.61 Å². The molecule has 0 aromatic carbocycles. The van der Waals surface area contributed by atoms with Crippen molar-refractivity contribution in [1.82, 2.24) is 9.97 Å². The molecule has 2 heterocycles. The van der Waals surface area contributed by atoms with E-state index in [0.29, 0.717) is 23.5 Å². The maximum Gasteiger partial charge on any atom is 0.218 e. The lowest BCUT2D eigenvalue weighted by atomic mass is 10.2. The van der Waals surface area contributed by atoms with Crippen molar-refractivity contribution in [3.05, 3.63) is 39.4 Å².